The molecular formula is C8H14O2. The molecule has 1 aliphatic rings. The minimum atomic E-state index is -0.0990. The maximum absolute atomic E-state index is 5.33. The zero-order chi connectivity index (χ0) is 7.45. The average molecular weight is 142 g/mol. The van der Waals surface area contributed by atoms with Crippen molar-refractivity contribution >= 4 is 0 Å². The van der Waals surface area contributed by atoms with E-state index in [1.807, 2.05) is 6.08 Å². The molecule has 0 aromatic rings. The van der Waals surface area contributed by atoms with Crippen LogP contribution in [0.4, 0.5) is 0 Å². The van der Waals surface area contributed by atoms with Crippen molar-refractivity contribution in [3.8, 4) is 0 Å². The van der Waals surface area contributed by atoms with Crippen molar-refractivity contribution in [3.05, 3.63) is 12.7 Å². The number of ether oxygens (including phenoxy) is 2. The highest BCUT2D eigenvalue weighted by Gasteiger charge is 2.28. The summed E-state index contributed by atoms with van der Waals surface area (Å²) in [6, 6.07) is 0. The van der Waals surface area contributed by atoms with Crippen molar-refractivity contribution in [1.29, 1.82) is 0 Å². The molecule has 1 saturated heterocycles. The molecule has 0 N–H and O–H groups in total. The van der Waals surface area contributed by atoms with Crippen LogP contribution in [0.5, 0.6) is 0 Å². The van der Waals surface area contributed by atoms with Crippen LogP contribution in [0.3, 0.4) is 0 Å². The molecule has 0 amide bonds. The predicted molar refractivity (Wildman–Crippen MR) is 40.0 cm³/mol. The molecule has 10 heavy (non-hydrogen) atoms. The Bertz CT molecular complexity index is 114. The molecule has 58 valence electrons. The topological polar surface area (TPSA) is 18.5 Å². The highest BCUT2D eigenvalue weighted by molar-refractivity contribution is 4.98. The van der Waals surface area contributed by atoms with Crippen molar-refractivity contribution < 1.29 is 9.47 Å². The average Bonchev–Trinajstić information content (AvgIpc) is 2.06. The van der Waals surface area contributed by atoms with Crippen molar-refractivity contribution in [2.75, 3.05) is 20.3 Å². The summed E-state index contributed by atoms with van der Waals surface area (Å²) in [7, 11) is 1.73. The van der Waals surface area contributed by atoms with Crippen LogP contribution in [-0.4, -0.2) is 25.9 Å². The predicted octanol–water partition coefficient (Wildman–Crippen LogP) is 1.37. The van der Waals surface area contributed by atoms with Crippen molar-refractivity contribution in [1.82, 2.24) is 0 Å². The highest BCUT2D eigenvalue weighted by Crippen LogP contribution is 2.24. The summed E-state index contributed by atoms with van der Waals surface area (Å²) in [5.41, 5.74) is -0.0990. The zero-order valence-corrected chi connectivity index (χ0v) is 6.43. The van der Waals surface area contributed by atoms with E-state index >= 15 is 0 Å². The van der Waals surface area contributed by atoms with Gasteiger partial charge in [-0.2, -0.15) is 0 Å². The van der Waals surface area contributed by atoms with Crippen molar-refractivity contribution in [3.63, 3.8) is 0 Å². The molecule has 0 saturated carbocycles. The molecule has 1 fully saturated rings. The van der Waals surface area contributed by atoms with Gasteiger partial charge in [0.15, 0.2) is 0 Å². The standard InChI is InChI=1S/C8H14O2/c1-3-8(9-2)4-6-10-7-5-8/h3H,1,4-7H2,2H3. The summed E-state index contributed by atoms with van der Waals surface area (Å²) in [5.74, 6) is 0. The van der Waals surface area contributed by atoms with Gasteiger partial charge in [-0.15, -0.1) is 6.58 Å². The van der Waals surface area contributed by atoms with Gasteiger partial charge in [0, 0.05) is 33.2 Å². The van der Waals surface area contributed by atoms with E-state index in [0.29, 0.717) is 0 Å². The van der Waals surface area contributed by atoms with Crippen LogP contribution in [0.2, 0.25) is 0 Å². The number of rotatable bonds is 2. The Labute approximate surface area is 61.8 Å². The van der Waals surface area contributed by atoms with Gasteiger partial charge in [-0.1, -0.05) is 6.08 Å². The number of methoxy groups -OCH3 is 1. The van der Waals surface area contributed by atoms with Gasteiger partial charge in [-0.25, -0.2) is 0 Å². The van der Waals surface area contributed by atoms with Gasteiger partial charge in [0.05, 0.1) is 5.60 Å². The molecule has 0 atom stereocenters. The van der Waals surface area contributed by atoms with E-state index < -0.39 is 0 Å². The Kier molecular flexibility index (Phi) is 2.46. The van der Waals surface area contributed by atoms with E-state index in [9.17, 15) is 0 Å². The van der Waals surface area contributed by atoms with Crippen LogP contribution < -0.4 is 0 Å². The Morgan fingerprint density at radius 2 is 2.10 bits per heavy atom. The van der Waals surface area contributed by atoms with E-state index in [1.54, 1.807) is 7.11 Å². The minimum absolute atomic E-state index is 0.0990. The number of hydrogen-bond acceptors (Lipinski definition) is 2. The van der Waals surface area contributed by atoms with Crippen molar-refractivity contribution in [2.24, 2.45) is 0 Å². The molecule has 0 aromatic carbocycles. The van der Waals surface area contributed by atoms with E-state index in [0.717, 1.165) is 26.1 Å². The van der Waals surface area contributed by atoms with E-state index in [1.165, 1.54) is 0 Å². The van der Waals surface area contributed by atoms with Gasteiger partial charge in [0.2, 0.25) is 0 Å². The van der Waals surface area contributed by atoms with Crippen LogP contribution in [0, 0.1) is 0 Å². The summed E-state index contributed by atoms with van der Waals surface area (Å²) in [6.45, 7) is 5.33. The molecule has 1 aliphatic heterocycles. The Morgan fingerprint density at radius 3 is 2.40 bits per heavy atom. The van der Waals surface area contributed by atoms with Crippen molar-refractivity contribution in [2.45, 2.75) is 18.4 Å². The first-order valence-corrected chi connectivity index (χ1v) is 3.59. The zero-order valence-electron chi connectivity index (χ0n) is 6.43. The third-order valence-corrected chi connectivity index (χ3v) is 2.12. The monoisotopic (exact) mass is 142 g/mol. The molecule has 1 heterocycles. The van der Waals surface area contributed by atoms with Gasteiger partial charge in [-0.3, -0.25) is 0 Å². The molecule has 0 aliphatic carbocycles. The fraction of sp³-hybridized carbons (Fsp3) is 0.750. The Balaban J connectivity index is 2.52. The highest BCUT2D eigenvalue weighted by atomic mass is 16.5. The number of hydrogen-bond donors (Lipinski definition) is 0. The summed E-state index contributed by atoms with van der Waals surface area (Å²) < 4.78 is 10.5. The quantitative estimate of drug-likeness (QED) is 0.542. The third-order valence-electron chi connectivity index (χ3n) is 2.12. The summed E-state index contributed by atoms with van der Waals surface area (Å²) >= 11 is 0. The maximum Gasteiger partial charge on any atom is 0.0899 e. The van der Waals surface area contributed by atoms with Gasteiger partial charge < -0.3 is 9.47 Å². The van der Waals surface area contributed by atoms with E-state index in [4.69, 9.17) is 9.47 Å². The first kappa shape index (κ1) is 7.76. The van der Waals surface area contributed by atoms with Gasteiger partial charge in [-0.05, 0) is 0 Å². The smallest absolute Gasteiger partial charge is 0.0899 e. The first-order valence-electron chi connectivity index (χ1n) is 3.59. The fourth-order valence-corrected chi connectivity index (χ4v) is 1.21. The maximum atomic E-state index is 5.33. The summed E-state index contributed by atoms with van der Waals surface area (Å²) in [4.78, 5) is 0. The van der Waals surface area contributed by atoms with Gasteiger partial charge in [0.25, 0.3) is 0 Å². The largest absolute Gasteiger partial charge is 0.381 e. The molecule has 2 heteroatoms. The van der Waals surface area contributed by atoms with Crippen LogP contribution in [0.1, 0.15) is 12.8 Å². The lowest BCUT2D eigenvalue weighted by atomic mass is 9.94. The molecule has 0 unspecified atom stereocenters. The lowest BCUT2D eigenvalue weighted by Crippen LogP contribution is -2.35. The van der Waals surface area contributed by atoms with Crippen LogP contribution in [0.15, 0.2) is 12.7 Å². The first-order chi connectivity index (χ1) is 4.83. The second-order valence-corrected chi connectivity index (χ2v) is 2.59. The second-order valence-electron chi connectivity index (χ2n) is 2.59. The SMILES string of the molecule is C=CC1(OC)CCOCC1. The lowest BCUT2D eigenvalue weighted by Gasteiger charge is -2.32. The lowest BCUT2D eigenvalue weighted by molar-refractivity contribution is -0.0583. The minimum Gasteiger partial charge on any atom is -0.381 e. The van der Waals surface area contributed by atoms with Gasteiger partial charge in [0.1, 0.15) is 0 Å². The van der Waals surface area contributed by atoms with Crippen LogP contribution in [0.25, 0.3) is 0 Å². The second kappa shape index (κ2) is 3.17. The fourth-order valence-electron chi connectivity index (χ4n) is 1.21. The normalized spacial score (nSPS) is 24.1. The summed E-state index contributed by atoms with van der Waals surface area (Å²) in [6.07, 6.45) is 3.76. The van der Waals surface area contributed by atoms with Gasteiger partial charge >= 0.3 is 0 Å². The molecular weight excluding hydrogens is 128 g/mol. The Morgan fingerprint density at radius 1 is 1.50 bits per heavy atom. The molecule has 0 spiro atoms. The third kappa shape index (κ3) is 1.39. The molecule has 1 rings (SSSR count). The Hall–Kier alpha value is -0.340. The van der Waals surface area contributed by atoms with E-state index in [2.05, 4.69) is 6.58 Å². The van der Waals surface area contributed by atoms with E-state index in [-0.39, 0.29) is 5.60 Å². The molecule has 0 aromatic heterocycles. The molecule has 0 radical (unpaired) electrons. The summed E-state index contributed by atoms with van der Waals surface area (Å²) in [5, 5.41) is 0. The molecule has 2 nitrogen and oxygen atoms in total. The van der Waals surface area contributed by atoms with Crippen LogP contribution in [-0.2, 0) is 9.47 Å². The molecule has 0 bridgehead atoms. The van der Waals surface area contributed by atoms with Crippen LogP contribution >= 0.6 is 0 Å².